The molecule has 6 rings (SSSR count). The average molecular weight is 840 g/mol. The Kier molecular flexibility index (Phi) is 14.3. The van der Waals surface area contributed by atoms with E-state index in [1.54, 1.807) is 18.7 Å². The van der Waals surface area contributed by atoms with Crippen molar-refractivity contribution in [2.45, 2.75) is 50.7 Å². The number of nitrogens with one attached hydrogen (secondary N) is 3. The van der Waals surface area contributed by atoms with Crippen LogP contribution in [0.2, 0.25) is 0 Å². The number of amides is 3. The van der Waals surface area contributed by atoms with Crippen LogP contribution in [0.25, 0.3) is 22.5 Å². The van der Waals surface area contributed by atoms with Crippen LogP contribution in [0.3, 0.4) is 0 Å². The van der Waals surface area contributed by atoms with Crippen molar-refractivity contribution in [1.29, 1.82) is 0 Å². The van der Waals surface area contributed by atoms with Crippen molar-refractivity contribution >= 4 is 46.0 Å². The number of anilines is 2. The minimum atomic E-state index is -4.44. The van der Waals surface area contributed by atoms with Gasteiger partial charge in [-0.05, 0) is 49.4 Å². The fraction of sp³-hybridized carbons (Fsp3) is 0.436. The lowest BCUT2D eigenvalue weighted by molar-refractivity contribution is -0.135. The number of piperidine rings is 1. The molecule has 0 radical (unpaired) electrons. The molecule has 5 heterocycles. The van der Waals surface area contributed by atoms with Crippen LogP contribution in [0.4, 0.5) is 24.7 Å². The standard InChI is InChI=1S/C39H44F3N9O9/c1-49-21-26(45-35(54)27-22-60-37(46-27)25-12-13-43-31(20-25)44-23-39(40,41)42)33(48-49)30(52)9-5-15-58-17-19-59-18-16-57-14-4-7-24-6-3-8-28-34(24)50(2)38(56)51(28)29-10-11-32(53)47-36(29)55/h3,6,8,12-13,20-22,29H,4-5,7,9-11,14-19,23H2,1-2H3,(H,43,44)(H,45,54)(H,47,53,55). The number of aromatic nitrogens is 6. The van der Waals surface area contributed by atoms with Gasteiger partial charge in [0.25, 0.3) is 5.91 Å². The summed E-state index contributed by atoms with van der Waals surface area (Å²) in [6, 6.07) is 7.64. The predicted molar refractivity (Wildman–Crippen MR) is 208 cm³/mol. The number of nitrogens with zero attached hydrogens (tertiary/aromatic N) is 6. The smallest absolute Gasteiger partial charge is 0.405 e. The molecule has 0 saturated carbocycles. The largest absolute Gasteiger partial charge is 0.444 e. The Hall–Kier alpha value is -6.19. The first-order valence-corrected chi connectivity index (χ1v) is 19.2. The molecule has 1 fully saturated rings. The van der Waals surface area contributed by atoms with Gasteiger partial charge in [-0.15, -0.1) is 0 Å². The summed E-state index contributed by atoms with van der Waals surface area (Å²) in [7, 11) is 3.27. The van der Waals surface area contributed by atoms with Gasteiger partial charge in [0.15, 0.2) is 17.2 Å². The van der Waals surface area contributed by atoms with E-state index in [0.717, 1.165) is 17.3 Å². The molecule has 0 bridgehead atoms. The Bertz CT molecular complexity index is 2380. The van der Waals surface area contributed by atoms with E-state index in [0.29, 0.717) is 70.0 Å². The number of carbonyl (C=O) groups excluding carboxylic acids is 4. The van der Waals surface area contributed by atoms with Gasteiger partial charge in [0.1, 0.15) is 24.7 Å². The second kappa shape index (κ2) is 19.7. The van der Waals surface area contributed by atoms with Crippen molar-refractivity contribution in [1.82, 2.24) is 34.2 Å². The SMILES string of the molecule is Cn1cc(NC(=O)c2coc(-c3ccnc(NCC(F)(F)F)c3)n2)c(C(=O)CCCOCCOCCOCCCc2cccc3c2n(C)c(=O)n3C2CCC(=O)NC2=O)n1. The van der Waals surface area contributed by atoms with Crippen LogP contribution in [0.5, 0.6) is 0 Å². The summed E-state index contributed by atoms with van der Waals surface area (Å²) in [4.78, 5) is 71.2. The van der Waals surface area contributed by atoms with Crippen molar-refractivity contribution in [2.24, 2.45) is 14.1 Å². The number of halogens is 3. The topological polar surface area (TPSA) is 216 Å². The molecule has 3 N–H and O–H groups in total. The van der Waals surface area contributed by atoms with E-state index in [9.17, 15) is 37.1 Å². The van der Waals surface area contributed by atoms with Crippen molar-refractivity contribution in [3.05, 3.63) is 76.4 Å². The molecule has 1 unspecified atom stereocenters. The van der Waals surface area contributed by atoms with Gasteiger partial charge < -0.3 is 29.3 Å². The molecule has 0 aliphatic carbocycles. The van der Waals surface area contributed by atoms with E-state index in [1.807, 2.05) is 18.2 Å². The maximum Gasteiger partial charge on any atom is 0.405 e. The molecule has 1 aliphatic rings. The van der Waals surface area contributed by atoms with Crippen molar-refractivity contribution in [3.63, 3.8) is 0 Å². The number of ketones is 1. The van der Waals surface area contributed by atoms with Crippen LogP contribution in [0, 0.1) is 0 Å². The third-order valence-corrected chi connectivity index (χ3v) is 9.43. The summed E-state index contributed by atoms with van der Waals surface area (Å²) >= 11 is 0. The summed E-state index contributed by atoms with van der Waals surface area (Å²) in [5.74, 6) is -1.88. The van der Waals surface area contributed by atoms with E-state index >= 15 is 0 Å². The normalized spacial score (nSPS) is 14.4. The van der Waals surface area contributed by atoms with Gasteiger partial charge in [-0.2, -0.15) is 18.3 Å². The van der Waals surface area contributed by atoms with Gasteiger partial charge in [0.05, 0.1) is 43.1 Å². The maximum absolute atomic E-state index is 13.1. The van der Waals surface area contributed by atoms with Crippen LogP contribution in [-0.2, 0) is 44.3 Å². The predicted octanol–water partition coefficient (Wildman–Crippen LogP) is 3.97. The fourth-order valence-corrected chi connectivity index (χ4v) is 6.64. The van der Waals surface area contributed by atoms with Gasteiger partial charge in [-0.25, -0.2) is 14.8 Å². The number of para-hydroxylation sites is 1. The first-order valence-electron chi connectivity index (χ1n) is 19.2. The Morgan fingerprint density at radius 3 is 2.47 bits per heavy atom. The Morgan fingerprint density at radius 2 is 1.73 bits per heavy atom. The van der Waals surface area contributed by atoms with Gasteiger partial charge >= 0.3 is 11.9 Å². The minimum absolute atomic E-state index is 0.0181. The number of pyridine rings is 1. The summed E-state index contributed by atoms with van der Waals surface area (Å²) in [6.45, 7) is 0.860. The number of rotatable bonds is 21. The summed E-state index contributed by atoms with van der Waals surface area (Å²) < 4.78 is 64.4. The first kappa shape index (κ1) is 43.4. The molecule has 320 valence electrons. The molecule has 1 atom stereocenters. The van der Waals surface area contributed by atoms with Crippen LogP contribution >= 0.6 is 0 Å². The van der Waals surface area contributed by atoms with E-state index in [4.69, 9.17) is 18.6 Å². The minimum Gasteiger partial charge on any atom is -0.444 e. The van der Waals surface area contributed by atoms with Crippen LogP contribution in [-0.4, -0.2) is 105 Å². The monoisotopic (exact) mass is 839 g/mol. The number of fused-ring (bicyclic) bond motifs is 1. The molecule has 1 aromatic carbocycles. The molecule has 1 saturated heterocycles. The summed E-state index contributed by atoms with van der Waals surface area (Å²) in [5, 5.41) is 11.3. The van der Waals surface area contributed by atoms with Gasteiger partial charge in [0, 0.05) is 58.1 Å². The number of imide groups is 1. The van der Waals surface area contributed by atoms with Gasteiger partial charge in [0.2, 0.25) is 17.7 Å². The first-order chi connectivity index (χ1) is 28.8. The molecule has 60 heavy (non-hydrogen) atoms. The number of hydrogen-bond acceptors (Lipinski definition) is 13. The Morgan fingerprint density at radius 1 is 1.00 bits per heavy atom. The van der Waals surface area contributed by atoms with Crippen LogP contribution in [0.15, 0.2) is 58.2 Å². The number of Topliss-reactive ketones (excluding diaryl/α,β-unsaturated/α-hetero) is 1. The third-order valence-electron chi connectivity index (χ3n) is 9.43. The molecule has 5 aromatic rings. The lowest BCUT2D eigenvalue weighted by Crippen LogP contribution is -2.44. The highest BCUT2D eigenvalue weighted by Gasteiger charge is 2.32. The van der Waals surface area contributed by atoms with Crippen molar-refractivity contribution < 1.29 is 51.0 Å². The maximum atomic E-state index is 13.1. The number of aryl methyl sites for hydroxylation is 3. The number of benzene rings is 1. The molecule has 1 aliphatic heterocycles. The van der Waals surface area contributed by atoms with Crippen LogP contribution < -0.4 is 21.6 Å². The number of hydrogen-bond donors (Lipinski definition) is 3. The molecular formula is C39H44F3N9O9. The average Bonchev–Trinajstić information content (AvgIpc) is 3.92. The lowest BCUT2D eigenvalue weighted by Gasteiger charge is -2.21. The molecule has 0 spiro atoms. The number of carbonyl (C=O) groups is 4. The van der Waals surface area contributed by atoms with E-state index in [-0.39, 0.29) is 65.4 Å². The Balaban J connectivity index is 0.848. The Labute approximate surface area is 340 Å². The van der Waals surface area contributed by atoms with Crippen molar-refractivity contribution in [3.8, 4) is 11.5 Å². The van der Waals surface area contributed by atoms with Gasteiger partial charge in [-0.1, -0.05) is 12.1 Å². The molecule has 18 nitrogen and oxygen atoms in total. The zero-order chi connectivity index (χ0) is 42.8. The number of ether oxygens (including phenoxy) is 3. The molecule has 4 aromatic heterocycles. The highest BCUT2D eigenvalue weighted by atomic mass is 19.4. The van der Waals surface area contributed by atoms with Crippen LogP contribution in [0.1, 0.15) is 64.7 Å². The molecule has 3 amide bonds. The number of imidazole rings is 1. The molecular weight excluding hydrogens is 795 g/mol. The molecule has 21 heteroatoms. The van der Waals surface area contributed by atoms with E-state index < -0.39 is 30.6 Å². The fourth-order valence-electron chi connectivity index (χ4n) is 6.64. The highest BCUT2D eigenvalue weighted by molar-refractivity contribution is 6.08. The summed E-state index contributed by atoms with van der Waals surface area (Å²) in [6.07, 6.45) is 1.69. The van der Waals surface area contributed by atoms with E-state index in [1.165, 1.54) is 33.8 Å². The third kappa shape index (κ3) is 11.1. The van der Waals surface area contributed by atoms with Crippen molar-refractivity contribution in [2.75, 3.05) is 56.8 Å². The quantitative estimate of drug-likeness (QED) is 0.0543. The second-order valence-corrected chi connectivity index (χ2v) is 13.9. The lowest BCUT2D eigenvalue weighted by atomic mass is 10.0. The zero-order valence-electron chi connectivity index (χ0n) is 32.9. The summed E-state index contributed by atoms with van der Waals surface area (Å²) in [5.41, 5.74) is 2.43. The van der Waals surface area contributed by atoms with Gasteiger partial charge in [-0.3, -0.25) is 38.3 Å². The second-order valence-electron chi connectivity index (χ2n) is 13.9. The highest BCUT2D eigenvalue weighted by Crippen LogP contribution is 2.26. The zero-order valence-corrected chi connectivity index (χ0v) is 32.9. The van der Waals surface area contributed by atoms with E-state index in [2.05, 4.69) is 31.0 Å². The number of alkyl halides is 3. The number of oxazole rings is 1.